The number of aliphatic hydroxyl groups is 3. The number of aryl methyl sites for hydroxylation is 3. The van der Waals surface area contributed by atoms with E-state index < -0.39 is 12.2 Å². The van der Waals surface area contributed by atoms with Gasteiger partial charge in [0.15, 0.2) is 17.5 Å². The number of nitrogens with one attached hydrogen (secondary N) is 3. The van der Waals surface area contributed by atoms with Gasteiger partial charge in [-0.2, -0.15) is 0 Å². The number of nitrogens with two attached hydrogens (primary N) is 2. The van der Waals surface area contributed by atoms with Crippen LogP contribution in [-0.4, -0.2) is 77.3 Å². The Morgan fingerprint density at radius 3 is 2.67 bits per heavy atom. The summed E-state index contributed by atoms with van der Waals surface area (Å²) in [5, 5.41) is 48.9. The quantitative estimate of drug-likeness (QED) is 0.0193. The van der Waals surface area contributed by atoms with Crippen LogP contribution in [0.4, 0.5) is 0 Å². The Hall–Kier alpha value is -3.81. The van der Waals surface area contributed by atoms with Crippen LogP contribution < -0.4 is 26.8 Å². The lowest BCUT2D eigenvalue weighted by Gasteiger charge is -2.41. The summed E-state index contributed by atoms with van der Waals surface area (Å²) in [6, 6.07) is 9.46. The van der Waals surface area contributed by atoms with Crippen molar-refractivity contribution < 1.29 is 29.6 Å². The molecule has 4 aliphatic rings. The number of hydrogen-bond acceptors (Lipinski definition) is 9. The molecule has 8 unspecified atom stereocenters. The molecule has 12 nitrogen and oxygen atoms in total. The van der Waals surface area contributed by atoms with Crippen LogP contribution in [0.5, 0.6) is 11.5 Å². The number of nitrogens with zero attached hydrogens (tertiary/aromatic N) is 1. The zero-order valence-electron chi connectivity index (χ0n) is 36.4. The van der Waals surface area contributed by atoms with Crippen molar-refractivity contribution in [3.8, 4) is 11.5 Å². The number of ether oxygens (including phenoxy) is 1. The summed E-state index contributed by atoms with van der Waals surface area (Å²) in [5.74, 6) is 4.87. The topological polar surface area (TPSA) is 208 Å². The largest absolute Gasteiger partial charge is 0.504 e. The number of allylic oxidation sites excluding steroid dienone is 2. The molecule has 2 heterocycles. The van der Waals surface area contributed by atoms with Crippen molar-refractivity contribution in [2.24, 2.45) is 39.6 Å². The fourth-order valence-electron chi connectivity index (χ4n) is 10.4. The van der Waals surface area contributed by atoms with Crippen molar-refractivity contribution in [1.82, 2.24) is 15.6 Å². The molecule has 3 aromatic rings. The second-order valence-electron chi connectivity index (χ2n) is 18.2. The van der Waals surface area contributed by atoms with E-state index in [0.717, 1.165) is 92.8 Å². The highest BCUT2D eigenvalue weighted by Gasteiger charge is 2.53. The molecule has 8 atom stereocenters. The van der Waals surface area contributed by atoms with Crippen molar-refractivity contribution in [3.05, 3.63) is 82.1 Å². The van der Waals surface area contributed by atoms with Gasteiger partial charge in [-0.05, 0) is 117 Å². The van der Waals surface area contributed by atoms with E-state index in [0.29, 0.717) is 61.3 Å². The SMILES string of the molecule is CN=C(N)NCC(C)CCCC(CCN)CCCCc1oc(CCc2ccc(O)c(OCC(O)c3cc4c([nH]3)C3C=CC5(CCCC5C3)C4CNCC(C)O)c2)cc1CO. The number of furan rings is 1. The molecule has 1 saturated carbocycles. The summed E-state index contributed by atoms with van der Waals surface area (Å²) in [6.07, 6.45) is 18.2. The van der Waals surface area contributed by atoms with E-state index in [1.807, 2.05) is 25.1 Å². The van der Waals surface area contributed by atoms with E-state index >= 15 is 0 Å². The van der Waals surface area contributed by atoms with Crippen LogP contribution in [0.3, 0.4) is 0 Å². The molecule has 11 N–H and O–H groups in total. The van der Waals surface area contributed by atoms with Crippen molar-refractivity contribution >= 4 is 5.96 Å². The zero-order valence-corrected chi connectivity index (χ0v) is 36.4. The molecule has 7 rings (SSSR count). The maximum Gasteiger partial charge on any atom is 0.188 e. The lowest BCUT2D eigenvalue weighted by Crippen LogP contribution is -2.39. The van der Waals surface area contributed by atoms with Gasteiger partial charge in [0, 0.05) is 68.3 Å². The van der Waals surface area contributed by atoms with Gasteiger partial charge in [0.1, 0.15) is 24.2 Å². The second kappa shape index (κ2) is 21.8. The first-order chi connectivity index (χ1) is 29.0. The number of rotatable bonds is 25. The Morgan fingerprint density at radius 2 is 1.88 bits per heavy atom. The second-order valence-corrected chi connectivity index (χ2v) is 18.2. The zero-order chi connectivity index (χ0) is 42.6. The molecular formula is C48H74N6O6. The molecular weight excluding hydrogens is 757 g/mol. The Morgan fingerprint density at radius 1 is 1.05 bits per heavy atom. The van der Waals surface area contributed by atoms with Crippen LogP contribution in [-0.2, 0) is 25.9 Å². The molecule has 1 aromatic carbocycles. The van der Waals surface area contributed by atoms with Crippen LogP contribution in [0.1, 0.15) is 142 Å². The van der Waals surface area contributed by atoms with E-state index in [1.165, 1.54) is 36.9 Å². The summed E-state index contributed by atoms with van der Waals surface area (Å²) in [5.41, 5.74) is 16.8. The van der Waals surface area contributed by atoms with E-state index in [-0.39, 0.29) is 30.3 Å². The monoisotopic (exact) mass is 831 g/mol. The first kappa shape index (κ1) is 45.7. The van der Waals surface area contributed by atoms with Gasteiger partial charge >= 0.3 is 0 Å². The number of phenols is 1. The molecule has 4 aliphatic carbocycles. The molecule has 12 heteroatoms. The number of aliphatic hydroxyl groups excluding tert-OH is 3. The molecule has 0 amide bonds. The summed E-state index contributed by atoms with van der Waals surface area (Å²) in [6.45, 7) is 6.85. The number of hydrogen-bond donors (Lipinski definition) is 9. The van der Waals surface area contributed by atoms with Gasteiger partial charge in [0.25, 0.3) is 0 Å². The highest BCUT2D eigenvalue weighted by atomic mass is 16.5. The molecule has 0 saturated heterocycles. The normalized spacial score (nSPS) is 22.9. The molecule has 2 aromatic heterocycles. The maximum atomic E-state index is 11.4. The Labute approximate surface area is 357 Å². The van der Waals surface area contributed by atoms with Crippen LogP contribution in [0, 0.1) is 23.2 Å². The van der Waals surface area contributed by atoms with E-state index in [1.54, 1.807) is 13.1 Å². The smallest absolute Gasteiger partial charge is 0.188 e. The minimum atomic E-state index is -0.904. The van der Waals surface area contributed by atoms with Crippen LogP contribution in [0.2, 0.25) is 0 Å². The Kier molecular flexibility index (Phi) is 16.6. The van der Waals surface area contributed by atoms with Crippen LogP contribution in [0.15, 0.2) is 51.9 Å². The van der Waals surface area contributed by atoms with E-state index in [4.69, 9.17) is 20.6 Å². The van der Waals surface area contributed by atoms with Crippen molar-refractivity contribution in [3.63, 3.8) is 0 Å². The van der Waals surface area contributed by atoms with Crippen molar-refractivity contribution in [1.29, 1.82) is 0 Å². The number of aromatic nitrogens is 1. The minimum Gasteiger partial charge on any atom is -0.504 e. The third-order valence-electron chi connectivity index (χ3n) is 13.8. The number of benzene rings is 1. The van der Waals surface area contributed by atoms with Gasteiger partial charge in [-0.3, -0.25) is 4.99 Å². The highest BCUT2D eigenvalue weighted by Crippen LogP contribution is 2.62. The third-order valence-corrected chi connectivity index (χ3v) is 13.8. The summed E-state index contributed by atoms with van der Waals surface area (Å²) >= 11 is 0. The lowest BCUT2D eigenvalue weighted by molar-refractivity contribution is 0.103. The summed E-state index contributed by atoms with van der Waals surface area (Å²) < 4.78 is 12.4. The van der Waals surface area contributed by atoms with E-state index in [2.05, 4.69) is 45.8 Å². The third kappa shape index (κ3) is 11.6. The molecule has 2 bridgehead atoms. The molecule has 1 fully saturated rings. The number of unbranched alkanes of at least 4 members (excludes halogenated alkanes) is 1. The molecule has 332 valence electrons. The fraction of sp³-hybridized carbons (Fsp3) is 0.646. The number of aromatic amines is 1. The van der Waals surface area contributed by atoms with Gasteiger partial charge in [-0.1, -0.05) is 57.2 Å². The van der Waals surface area contributed by atoms with Crippen LogP contribution in [0.25, 0.3) is 0 Å². The van der Waals surface area contributed by atoms with Crippen molar-refractivity contribution in [2.75, 3.05) is 39.8 Å². The highest BCUT2D eigenvalue weighted by molar-refractivity contribution is 5.77. The lowest BCUT2D eigenvalue weighted by atomic mass is 9.64. The number of aromatic hydroxyl groups is 1. The van der Waals surface area contributed by atoms with Gasteiger partial charge in [-0.15, -0.1) is 0 Å². The van der Waals surface area contributed by atoms with Gasteiger partial charge in [-0.25, -0.2) is 0 Å². The van der Waals surface area contributed by atoms with Gasteiger partial charge in [0.2, 0.25) is 0 Å². The molecule has 0 radical (unpaired) electrons. The molecule has 60 heavy (non-hydrogen) atoms. The predicted octanol–water partition coefficient (Wildman–Crippen LogP) is 6.62. The number of H-pyrrole nitrogens is 1. The maximum absolute atomic E-state index is 11.4. The first-order valence-electron chi connectivity index (χ1n) is 22.8. The molecule has 1 spiro atoms. The average molecular weight is 831 g/mol. The Balaban J connectivity index is 0.988. The van der Waals surface area contributed by atoms with Crippen LogP contribution >= 0.6 is 0 Å². The number of aliphatic imine (C=N–C) groups is 1. The minimum absolute atomic E-state index is 0.00786. The summed E-state index contributed by atoms with van der Waals surface area (Å²) in [7, 11) is 1.69. The average Bonchev–Trinajstić information content (AvgIpc) is 3.96. The summed E-state index contributed by atoms with van der Waals surface area (Å²) in [4.78, 5) is 7.57. The van der Waals surface area contributed by atoms with Gasteiger partial charge in [0.05, 0.1) is 12.7 Å². The van der Waals surface area contributed by atoms with Gasteiger partial charge < -0.3 is 56.7 Å². The molecule has 0 aliphatic heterocycles. The number of phenolic OH excluding ortho intramolecular Hbond substituents is 1. The standard InChI is InChI=1S/C48H74N6O6/c1-31(26-53-47(50)51-3)8-6-10-33(18-21-49)9-4-5-12-44-36(29-55)24-38(60-44)15-13-34-14-16-42(57)45(22-34)59-30-43(58)41-25-39-40(28-52-27-32(2)56)48-19-7-11-37(48)23-35(17-20-48)46(39)54-41/h14,16-17,20,22,24-25,31-33,35,37,40,43,52,54-58H,4-13,15,18-19,21,23,26-30,49H2,1-3H3,(H3,50,51,53). The first-order valence-corrected chi connectivity index (χ1v) is 22.8. The van der Waals surface area contributed by atoms with E-state index in [9.17, 15) is 20.4 Å². The number of guanidine groups is 1. The predicted molar refractivity (Wildman–Crippen MR) is 238 cm³/mol. The Bertz CT molecular complexity index is 1850. The fourth-order valence-corrected chi connectivity index (χ4v) is 10.4. The van der Waals surface area contributed by atoms with Crippen molar-refractivity contribution in [2.45, 2.75) is 134 Å².